The number of nitrogens with one attached hydrogen (secondary N) is 1. The summed E-state index contributed by atoms with van der Waals surface area (Å²) >= 11 is 0. The van der Waals surface area contributed by atoms with Gasteiger partial charge in [0.15, 0.2) is 0 Å². The van der Waals surface area contributed by atoms with Crippen LogP contribution >= 0.6 is 0 Å². The fraction of sp³-hybridized carbons (Fsp3) is 0.500. The van der Waals surface area contributed by atoms with Crippen molar-refractivity contribution < 1.29 is 0 Å². The third-order valence-corrected chi connectivity index (χ3v) is 1.68. The molecule has 0 amide bonds. The molecule has 0 spiro atoms. The Morgan fingerprint density at radius 1 is 1.46 bits per heavy atom. The Hall–Kier alpha value is -0.820. The van der Waals surface area contributed by atoms with Gasteiger partial charge in [0, 0.05) is 6.54 Å². The maximum Gasteiger partial charge on any atom is 0.0205 e. The van der Waals surface area contributed by atoms with E-state index in [1.807, 2.05) is 26.1 Å². The minimum atomic E-state index is 0.574. The average molecular weight is 179 g/mol. The molecule has 0 aromatic rings. The molecule has 1 nitrogen and oxygen atoms in total. The SMILES string of the molecule is C=C(/C=C\C)/C(=C\C(C)C)CNC. The van der Waals surface area contributed by atoms with Crippen LogP contribution in [0.15, 0.2) is 36.0 Å². The lowest BCUT2D eigenvalue weighted by Crippen LogP contribution is -2.11. The van der Waals surface area contributed by atoms with Crippen molar-refractivity contribution in [1.82, 2.24) is 5.32 Å². The second-order valence-corrected chi connectivity index (χ2v) is 3.49. The van der Waals surface area contributed by atoms with Crippen molar-refractivity contribution in [1.29, 1.82) is 0 Å². The molecule has 0 saturated carbocycles. The maximum atomic E-state index is 4.02. The maximum absolute atomic E-state index is 4.02. The van der Waals surface area contributed by atoms with E-state index in [1.54, 1.807) is 0 Å². The van der Waals surface area contributed by atoms with Gasteiger partial charge in [-0.1, -0.05) is 38.7 Å². The number of likely N-dealkylation sites (N-methyl/N-ethyl adjacent to an activating group) is 1. The molecular weight excluding hydrogens is 158 g/mol. The summed E-state index contributed by atoms with van der Waals surface area (Å²) in [5.41, 5.74) is 2.39. The third kappa shape index (κ3) is 5.42. The Morgan fingerprint density at radius 2 is 2.08 bits per heavy atom. The molecule has 1 heteroatoms. The lowest BCUT2D eigenvalue weighted by molar-refractivity contribution is 0.803. The lowest BCUT2D eigenvalue weighted by Gasteiger charge is -2.08. The molecule has 0 bridgehead atoms. The first-order chi connectivity index (χ1) is 6.11. The molecule has 0 rings (SSSR count). The second kappa shape index (κ2) is 6.67. The van der Waals surface area contributed by atoms with Gasteiger partial charge in [-0.15, -0.1) is 0 Å². The lowest BCUT2D eigenvalue weighted by atomic mass is 10.0. The van der Waals surface area contributed by atoms with E-state index in [0.717, 1.165) is 12.1 Å². The molecule has 0 aliphatic rings. The number of hydrogen-bond acceptors (Lipinski definition) is 1. The zero-order chi connectivity index (χ0) is 10.3. The van der Waals surface area contributed by atoms with E-state index >= 15 is 0 Å². The highest BCUT2D eigenvalue weighted by molar-refractivity contribution is 5.38. The number of allylic oxidation sites excluding steroid dienone is 3. The highest BCUT2D eigenvalue weighted by atomic mass is 14.8. The minimum Gasteiger partial charge on any atom is -0.316 e. The Kier molecular flexibility index (Phi) is 6.25. The fourth-order valence-corrected chi connectivity index (χ4v) is 1.18. The van der Waals surface area contributed by atoms with E-state index in [4.69, 9.17) is 0 Å². The van der Waals surface area contributed by atoms with E-state index < -0.39 is 0 Å². The van der Waals surface area contributed by atoms with E-state index in [1.165, 1.54) is 5.57 Å². The largest absolute Gasteiger partial charge is 0.316 e. The van der Waals surface area contributed by atoms with Crippen molar-refractivity contribution in [2.24, 2.45) is 5.92 Å². The van der Waals surface area contributed by atoms with Gasteiger partial charge in [0.2, 0.25) is 0 Å². The molecule has 0 saturated heterocycles. The van der Waals surface area contributed by atoms with Crippen LogP contribution < -0.4 is 5.32 Å². The van der Waals surface area contributed by atoms with Crippen LogP contribution in [0.3, 0.4) is 0 Å². The average Bonchev–Trinajstić information content (AvgIpc) is 2.03. The molecule has 0 aromatic heterocycles. The van der Waals surface area contributed by atoms with Crippen molar-refractivity contribution in [3.63, 3.8) is 0 Å². The van der Waals surface area contributed by atoms with Gasteiger partial charge in [-0.25, -0.2) is 0 Å². The summed E-state index contributed by atoms with van der Waals surface area (Å²) in [6.45, 7) is 11.3. The van der Waals surface area contributed by atoms with Gasteiger partial charge in [0.05, 0.1) is 0 Å². The number of hydrogen-bond donors (Lipinski definition) is 1. The van der Waals surface area contributed by atoms with Crippen LogP contribution in [0.1, 0.15) is 20.8 Å². The molecule has 0 fully saturated rings. The van der Waals surface area contributed by atoms with Gasteiger partial charge in [0.25, 0.3) is 0 Å². The summed E-state index contributed by atoms with van der Waals surface area (Å²) in [7, 11) is 1.96. The van der Waals surface area contributed by atoms with Crippen molar-refractivity contribution in [2.75, 3.05) is 13.6 Å². The van der Waals surface area contributed by atoms with Gasteiger partial charge in [-0.05, 0) is 31.0 Å². The highest BCUT2D eigenvalue weighted by Gasteiger charge is 1.99. The van der Waals surface area contributed by atoms with E-state index in [0.29, 0.717) is 5.92 Å². The number of rotatable bonds is 5. The first-order valence-electron chi connectivity index (χ1n) is 4.79. The normalized spacial score (nSPS) is 12.8. The van der Waals surface area contributed by atoms with Crippen molar-refractivity contribution in [2.45, 2.75) is 20.8 Å². The molecule has 0 heterocycles. The predicted molar refractivity (Wildman–Crippen MR) is 60.8 cm³/mol. The van der Waals surface area contributed by atoms with Crippen LogP contribution in [0.5, 0.6) is 0 Å². The van der Waals surface area contributed by atoms with Gasteiger partial charge >= 0.3 is 0 Å². The highest BCUT2D eigenvalue weighted by Crippen LogP contribution is 2.11. The molecule has 0 radical (unpaired) electrons. The van der Waals surface area contributed by atoms with Crippen molar-refractivity contribution in [3.05, 3.63) is 36.0 Å². The molecule has 13 heavy (non-hydrogen) atoms. The van der Waals surface area contributed by atoms with Gasteiger partial charge in [0.1, 0.15) is 0 Å². The van der Waals surface area contributed by atoms with E-state index in [2.05, 4.69) is 31.8 Å². The molecule has 0 aromatic carbocycles. The summed E-state index contributed by atoms with van der Waals surface area (Å²) in [5, 5.41) is 3.15. The zero-order valence-electron chi connectivity index (χ0n) is 9.22. The first-order valence-corrected chi connectivity index (χ1v) is 4.79. The monoisotopic (exact) mass is 179 g/mol. The van der Waals surface area contributed by atoms with Crippen LogP contribution in [-0.4, -0.2) is 13.6 Å². The Morgan fingerprint density at radius 3 is 2.46 bits per heavy atom. The molecule has 1 N–H and O–H groups in total. The van der Waals surface area contributed by atoms with E-state index in [9.17, 15) is 0 Å². The second-order valence-electron chi connectivity index (χ2n) is 3.49. The molecule has 74 valence electrons. The minimum absolute atomic E-state index is 0.574. The summed E-state index contributed by atoms with van der Waals surface area (Å²) in [6.07, 6.45) is 6.32. The van der Waals surface area contributed by atoms with Crippen LogP contribution in [-0.2, 0) is 0 Å². The van der Waals surface area contributed by atoms with Crippen LogP contribution in [0.4, 0.5) is 0 Å². The quantitative estimate of drug-likeness (QED) is 0.640. The van der Waals surface area contributed by atoms with Gasteiger partial charge in [-0.3, -0.25) is 0 Å². The Labute approximate surface area is 82.2 Å². The van der Waals surface area contributed by atoms with Crippen molar-refractivity contribution >= 4 is 0 Å². The van der Waals surface area contributed by atoms with Crippen molar-refractivity contribution in [3.8, 4) is 0 Å². The summed E-state index contributed by atoms with van der Waals surface area (Å²) in [5.74, 6) is 0.574. The topological polar surface area (TPSA) is 12.0 Å². The smallest absolute Gasteiger partial charge is 0.0205 e. The van der Waals surface area contributed by atoms with Crippen LogP contribution in [0, 0.1) is 5.92 Å². The zero-order valence-corrected chi connectivity index (χ0v) is 9.22. The first kappa shape index (κ1) is 12.2. The van der Waals surface area contributed by atoms with Crippen LogP contribution in [0.25, 0.3) is 0 Å². The van der Waals surface area contributed by atoms with Gasteiger partial charge < -0.3 is 5.32 Å². The summed E-state index contributed by atoms with van der Waals surface area (Å²) < 4.78 is 0. The van der Waals surface area contributed by atoms with Crippen LogP contribution in [0.2, 0.25) is 0 Å². The van der Waals surface area contributed by atoms with Gasteiger partial charge in [-0.2, -0.15) is 0 Å². The summed E-state index contributed by atoms with van der Waals surface area (Å²) in [4.78, 5) is 0. The molecule has 0 atom stereocenters. The molecule has 0 aliphatic carbocycles. The standard InChI is InChI=1S/C12H21N/c1-6-7-11(4)12(9-13-5)8-10(2)3/h6-8,10,13H,4,9H2,1-3,5H3/b7-6-,12-8-. The Bertz CT molecular complexity index is 209. The van der Waals surface area contributed by atoms with E-state index in [-0.39, 0.29) is 0 Å². The predicted octanol–water partition coefficient (Wildman–Crippen LogP) is 2.92. The fourth-order valence-electron chi connectivity index (χ4n) is 1.18. The molecular formula is C12H21N. The summed E-state index contributed by atoms with van der Waals surface area (Å²) in [6, 6.07) is 0. The third-order valence-electron chi connectivity index (χ3n) is 1.68. The molecule has 0 unspecified atom stereocenters. The Balaban J connectivity index is 4.50. The molecule has 0 aliphatic heterocycles.